The van der Waals surface area contributed by atoms with Crippen molar-refractivity contribution in [2.75, 3.05) is 27.3 Å². The number of esters is 1. The molecule has 0 radical (unpaired) electrons. The summed E-state index contributed by atoms with van der Waals surface area (Å²) in [6.07, 6.45) is 2.13. The number of aromatic nitrogens is 2. The number of rotatable bonds is 8. The van der Waals surface area contributed by atoms with E-state index in [2.05, 4.69) is 26.9 Å². The van der Waals surface area contributed by atoms with Crippen LogP contribution in [0.25, 0.3) is 0 Å². The maximum atomic E-state index is 11.4. The lowest BCUT2D eigenvalue weighted by Gasteiger charge is -2.12. The van der Waals surface area contributed by atoms with Gasteiger partial charge in [0.1, 0.15) is 5.15 Å². The molecule has 0 aromatic carbocycles. The number of nitrogens with zero attached hydrogens (tertiary/aromatic N) is 2. The molecule has 0 spiro atoms. The smallest absolute Gasteiger partial charge is 0.376 e. The van der Waals surface area contributed by atoms with Crippen LogP contribution >= 0.6 is 11.6 Å². The van der Waals surface area contributed by atoms with Crippen molar-refractivity contribution in [3.05, 3.63) is 17.0 Å². The molecule has 112 valence electrons. The number of hydrogen-bond donors (Lipinski definition) is 1. The number of carbonyl (C=O) groups excluding carboxylic acids is 1. The first kappa shape index (κ1) is 16.7. The molecule has 1 unspecified atom stereocenters. The molecule has 0 aliphatic heterocycles. The van der Waals surface area contributed by atoms with E-state index in [-0.39, 0.29) is 16.9 Å². The Kier molecular flexibility index (Phi) is 7.25. The highest BCUT2D eigenvalue weighted by Crippen LogP contribution is 2.16. The normalized spacial score (nSPS) is 12.0. The number of hydrogen-bond acceptors (Lipinski definition) is 6. The second kappa shape index (κ2) is 8.71. The van der Waals surface area contributed by atoms with Crippen molar-refractivity contribution < 1.29 is 14.3 Å². The van der Waals surface area contributed by atoms with Crippen LogP contribution in [0.3, 0.4) is 0 Å². The van der Waals surface area contributed by atoms with Gasteiger partial charge in [-0.15, -0.1) is 0 Å². The molecule has 7 heteroatoms. The summed E-state index contributed by atoms with van der Waals surface area (Å²) < 4.78 is 10.1. The van der Waals surface area contributed by atoms with Crippen LogP contribution in [-0.4, -0.2) is 43.2 Å². The standard InChI is InChI=1S/C13H20ClN3O3/c1-9(5-4-6-15-2)8-20-11-7-10(14)16-12(17-11)13(18)19-3/h7,9,15H,4-6,8H2,1-3H3. The van der Waals surface area contributed by atoms with E-state index in [1.165, 1.54) is 13.2 Å². The lowest BCUT2D eigenvalue weighted by Crippen LogP contribution is -2.14. The van der Waals surface area contributed by atoms with Gasteiger partial charge in [0.2, 0.25) is 11.7 Å². The Bertz CT molecular complexity index is 443. The van der Waals surface area contributed by atoms with E-state index in [1.54, 1.807) is 0 Å². The molecule has 0 bridgehead atoms. The number of ether oxygens (including phenoxy) is 2. The second-order valence-electron chi connectivity index (χ2n) is 4.51. The first-order valence-electron chi connectivity index (χ1n) is 6.47. The van der Waals surface area contributed by atoms with Crippen LogP contribution in [0, 0.1) is 5.92 Å². The third-order valence-corrected chi connectivity index (χ3v) is 2.87. The number of carbonyl (C=O) groups is 1. The van der Waals surface area contributed by atoms with Gasteiger partial charge in [-0.1, -0.05) is 18.5 Å². The zero-order valence-electron chi connectivity index (χ0n) is 12.0. The van der Waals surface area contributed by atoms with Crippen molar-refractivity contribution in [2.45, 2.75) is 19.8 Å². The van der Waals surface area contributed by atoms with E-state index in [4.69, 9.17) is 16.3 Å². The Morgan fingerprint density at radius 3 is 2.90 bits per heavy atom. The average Bonchev–Trinajstić information content (AvgIpc) is 2.44. The van der Waals surface area contributed by atoms with Gasteiger partial charge in [0.05, 0.1) is 13.7 Å². The number of halogens is 1. The van der Waals surface area contributed by atoms with Crippen LogP contribution in [0.5, 0.6) is 5.88 Å². The zero-order valence-corrected chi connectivity index (χ0v) is 12.7. The minimum Gasteiger partial charge on any atom is -0.477 e. The monoisotopic (exact) mass is 301 g/mol. The Balaban J connectivity index is 2.55. The highest BCUT2D eigenvalue weighted by atomic mass is 35.5. The van der Waals surface area contributed by atoms with Crippen molar-refractivity contribution in [3.8, 4) is 5.88 Å². The number of nitrogens with one attached hydrogen (secondary N) is 1. The fraction of sp³-hybridized carbons (Fsp3) is 0.615. The van der Waals surface area contributed by atoms with Crippen molar-refractivity contribution in [3.63, 3.8) is 0 Å². The van der Waals surface area contributed by atoms with E-state index in [0.29, 0.717) is 12.5 Å². The summed E-state index contributed by atoms with van der Waals surface area (Å²) in [4.78, 5) is 19.1. The SMILES string of the molecule is CNCCCC(C)COc1cc(Cl)nc(C(=O)OC)n1. The Morgan fingerprint density at radius 1 is 1.50 bits per heavy atom. The quantitative estimate of drug-likeness (QED) is 0.449. The highest BCUT2D eigenvalue weighted by molar-refractivity contribution is 6.29. The predicted molar refractivity (Wildman–Crippen MR) is 76.2 cm³/mol. The molecule has 0 saturated heterocycles. The van der Waals surface area contributed by atoms with Gasteiger partial charge in [-0.25, -0.2) is 9.78 Å². The summed E-state index contributed by atoms with van der Waals surface area (Å²) in [5.74, 6) is -0.0678. The van der Waals surface area contributed by atoms with Gasteiger partial charge >= 0.3 is 5.97 Å². The van der Waals surface area contributed by atoms with E-state index in [9.17, 15) is 4.79 Å². The van der Waals surface area contributed by atoms with E-state index in [0.717, 1.165) is 19.4 Å². The fourth-order valence-corrected chi connectivity index (χ4v) is 1.77. The minimum atomic E-state index is -0.639. The lowest BCUT2D eigenvalue weighted by molar-refractivity contribution is 0.0585. The molecule has 0 aliphatic carbocycles. The molecule has 6 nitrogen and oxygen atoms in total. The summed E-state index contributed by atoms with van der Waals surface area (Å²) in [5, 5.41) is 3.25. The average molecular weight is 302 g/mol. The molecule has 20 heavy (non-hydrogen) atoms. The van der Waals surface area contributed by atoms with Crippen molar-refractivity contribution in [1.29, 1.82) is 0 Å². The molecule has 1 N–H and O–H groups in total. The highest BCUT2D eigenvalue weighted by Gasteiger charge is 2.13. The molecule has 1 heterocycles. The summed E-state index contributed by atoms with van der Waals surface area (Å²) in [5.41, 5.74) is 0. The summed E-state index contributed by atoms with van der Waals surface area (Å²) in [7, 11) is 3.19. The van der Waals surface area contributed by atoms with Crippen LogP contribution < -0.4 is 10.1 Å². The number of methoxy groups -OCH3 is 1. The van der Waals surface area contributed by atoms with Gasteiger partial charge in [-0.05, 0) is 32.4 Å². The van der Waals surface area contributed by atoms with Gasteiger partial charge < -0.3 is 14.8 Å². The van der Waals surface area contributed by atoms with Crippen LogP contribution in [0.2, 0.25) is 5.15 Å². The fourth-order valence-electron chi connectivity index (χ4n) is 1.59. The van der Waals surface area contributed by atoms with E-state index >= 15 is 0 Å². The topological polar surface area (TPSA) is 73.3 Å². The summed E-state index contributed by atoms with van der Waals surface area (Å²) in [6.45, 7) is 3.59. The molecular formula is C13H20ClN3O3. The van der Waals surface area contributed by atoms with Crippen LogP contribution in [0.15, 0.2) is 6.07 Å². The first-order chi connectivity index (χ1) is 9.56. The van der Waals surface area contributed by atoms with Gasteiger partial charge in [-0.3, -0.25) is 0 Å². The second-order valence-corrected chi connectivity index (χ2v) is 4.89. The molecule has 0 amide bonds. The maximum absolute atomic E-state index is 11.4. The third-order valence-electron chi connectivity index (χ3n) is 2.68. The molecule has 1 rings (SSSR count). The molecule has 0 saturated carbocycles. The molecular weight excluding hydrogens is 282 g/mol. The van der Waals surface area contributed by atoms with Crippen molar-refractivity contribution in [1.82, 2.24) is 15.3 Å². The summed E-state index contributed by atoms with van der Waals surface area (Å²) >= 11 is 5.82. The maximum Gasteiger partial charge on any atom is 0.376 e. The Hall–Kier alpha value is -1.40. The van der Waals surface area contributed by atoms with Crippen LogP contribution in [0.1, 0.15) is 30.4 Å². The van der Waals surface area contributed by atoms with E-state index in [1.807, 2.05) is 7.05 Å². The molecule has 1 aromatic heterocycles. The lowest BCUT2D eigenvalue weighted by atomic mass is 10.1. The zero-order chi connectivity index (χ0) is 15.0. The predicted octanol–water partition coefficient (Wildman–Crippen LogP) is 1.93. The molecule has 1 aromatic rings. The van der Waals surface area contributed by atoms with E-state index < -0.39 is 5.97 Å². The Labute approximate surface area is 123 Å². The van der Waals surface area contributed by atoms with Gasteiger partial charge in [-0.2, -0.15) is 4.98 Å². The van der Waals surface area contributed by atoms with Gasteiger partial charge in [0, 0.05) is 6.07 Å². The van der Waals surface area contributed by atoms with Crippen molar-refractivity contribution in [2.24, 2.45) is 5.92 Å². The van der Waals surface area contributed by atoms with Crippen LogP contribution in [-0.2, 0) is 4.74 Å². The largest absolute Gasteiger partial charge is 0.477 e. The summed E-state index contributed by atoms with van der Waals surface area (Å²) in [6, 6.07) is 1.48. The third kappa shape index (κ3) is 5.71. The molecule has 0 fully saturated rings. The minimum absolute atomic E-state index is 0.0992. The van der Waals surface area contributed by atoms with Gasteiger partial charge in [0.15, 0.2) is 0 Å². The van der Waals surface area contributed by atoms with Crippen LogP contribution in [0.4, 0.5) is 0 Å². The Morgan fingerprint density at radius 2 is 2.25 bits per heavy atom. The van der Waals surface area contributed by atoms with Gasteiger partial charge in [0.25, 0.3) is 0 Å². The van der Waals surface area contributed by atoms with Crippen molar-refractivity contribution >= 4 is 17.6 Å². The molecule has 0 aliphatic rings. The first-order valence-corrected chi connectivity index (χ1v) is 6.85. The molecule has 1 atom stereocenters.